The Labute approximate surface area is 104 Å². The molecule has 17 heavy (non-hydrogen) atoms. The topological polar surface area (TPSA) is 26.0 Å². The molecule has 1 aromatic carbocycles. The maximum atomic E-state index is 12.1. The zero-order valence-electron chi connectivity index (χ0n) is 10.0. The maximum absolute atomic E-state index is 12.1. The number of nitrogens with two attached hydrogens (primary N) is 1. The highest BCUT2D eigenvalue weighted by Crippen LogP contribution is 2.38. The Morgan fingerprint density at radius 3 is 1.88 bits per heavy atom. The molecule has 96 valence electrons. The second kappa shape index (κ2) is 4.90. The number of rotatable bonds is 2. The first-order valence-corrected chi connectivity index (χ1v) is 6.02. The largest absolute Gasteiger partial charge is 0.446 e. The van der Waals surface area contributed by atoms with E-state index in [2.05, 4.69) is 0 Å². The summed E-state index contributed by atoms with van der Waals surface area (Å²) < 4.78 is 36.4. The fraction of sp³-hybridized carbons (Fsp3) is 0.500. The third kappa shape index (κ3) is 4.60. The minimum atomic E-state index is -4.24. The molecule has 0 unspecified atom stereocenters. The van der Waals surface area contributed by atoms with Gasteiger partial charge < -0.3 is 5.73 Å². The zero-order chi connectivity index (χ0) is 13.3. The Hall–Kier alpha value is -0.680. The molecule has 1 aromatic rings. The first-order valence-electron chi connectivity index (χ1n) is 5.21. The lowest BCUT2D eigenvalue weighted by Gasteiger charge is -2.27. The average Bonchev–Trinajstić information content (AvgIpc) is 2.14. The molecule has 0 heterocycles. The lowest BCUT2D eigenvalue weighted by atomic mass is 9.83. The van der Waals surface area contributed by atoms with Gasteiger partial charge in [0.15, 0.2) is 0 Å². The molecule has 1 nitrogen and oxygen atoms in total. The smallest absolute Gasteiger partial charge is 0.324 e. The summed E-state index contributed by atoms with van der Waals surface area (Å²) in [5, 5.41) is 0. The summed E-state index contributed by atoms with van der Waals surface area (Å²) >= 11 is -0.112. The molecule has 0 radical (unpaired) electrons. The van der Waals surface area contributed by atoms with E-state index in [1.165, 1.54) is 12.1 Å². The highest BCUT2D eigenvalue weighted by Gasteiger charge is 2.29. The van der Waals surface area contributed by atoms with Crippen LogP contribution < -0.4 is 5.73 Å². The number of thioether (sulfide) groups is 1. The van der Waals surface area contributed by atoms with Crippen molar-refractivity contribution in [1.29, 1.82) is 0 Å². The van der Waals surface area contributed by atoms with Crippen molar-refractivity contribution in [2.24, 2.45) is 11.1 Å². The third-order valence-corrected chi connectivity index (χ3v) is 3.15. The van der Waals surface area contributed by atoms with E-state index >= 15 is 0 Å². The van der Waals surface area contributed by atoms with Gasteiger partial charge >= 0.3 is 5.51 Å². The number of alkyl halides is 3. The van der Waals surface area contributed by atoms with E-state index in [4.69, 9.17) is 5.73 Å². The Balaban J connectivity index is 2.82. The molecule has 0 saturated carbocycles. The highest BCUT2D eigenvalue weighted by molar-refractivity contribution is 8.00. The summed E-state index contributed by atoms with van der Waals surface area (Å²) in [5.41, 5.74) is 2.52. The van der Waals surface area contributed by atoms with Crippen molar-refractivity contribution in [3.63, 3.8) is 0 Å². The molecule has 1 rings (SSSR count). The molecule has 0 saturated heterocycles. The first-order chi connectivity index (χ1) is 7.59. The molecule has 0 aromatic heterocycles. The molecule has 0 bridgehead atoms. The Morgan fingerprint density at radius 2 is 1.53 bits per heavy atom. The van der Waals surface area contributed by atoms with Crippen LogP contribution in [0.2, 0.25) is 0 Å². The van der Waals surface area contributed by atoms with Crippen molar-refractivity contribution in [2.75, 3.05) is 0 Å². The summed E-state index contributed by atoms with van der Waals surface area (Å²) in [6.07, 6.45) is 0. The van der Waals surface area contributed by atoms with Crippen molar-refractivity contribution >= 4 is 11.8 Å². The van der Waals surface area contributed by atoms with Gasteiger partial charge in [0.1, 0.15) is 0 Å². The molecule has 0 aliphatic heterocycles. The molecule has 1 atom stereocenters. The van der Waals surface area contributed by atoms with Crippen LogP contribution in [-0.2, 0) is 0 Å². The van der Waals surface area contributed by atoms with E-state index < -0.39 is 5.51 Å². The molecular formula is C12H16F3NS. The Kier molecular flexibility index (Phi) is 4.15. The van der Waals surface area contributed by atoms with E-state index in [0.29, 0.717) is 0 Å². The normalized spacial score (nSPS) is 14.8. The van der Waals surface area contributed by atoms with Crippen molar-refractivity contribution in [3.8, 4) is 0 Å². The maximum Gasteiger partial charge on any atom is 0.446 e. The van der Waals surface area contributed by atoms with Gasteiger partial charge in [0.25, 0.3) is 0 Å². The van der Waals surface area contributed by atoms with Crippen LogP contribution in [0.15, 0.2) is 29.2 Å². The van der Waals surface area contributed by atoms with E-state index in [1.54, 1.807) is 12.1 Å². The standard InChI is InChI=1S/C12H16F3NS/c1-11(2,3)10(16)8-4-6-9(7-5-8)17-12(13,14)15/h4-7,10H,16H2,1-3H3/t10-/m0/s1. The average molecular weight is 263 g/mol. The van der Waals surface area contributed by atoms with Gasteiger partial charge in [-0.25, -0.2) is 0 Å². The van der Waals surface area contributed by atoms with Gasteiger partial charge in [0.05, 0.1) is 0 Å². The van der Waals surface area contributed by atoms with Gasteiger partial charge in [-0.05, 0) is 34.9 Å². The van der Waals surface area contributed by atoms with Gasteiger partial charge in [-0.3, -0.25) is 0 Å². The molecule has 0 aliphatic carbocycles. The summed E-state index contributed by atoms with van der Waals surface area (Å²) in [5.74, 6) is 0. The minimum Gasteiger partial charge on any atom is -0.324 e. The predicted molar refractivity (Wildman–Crippen MR) is 64.7 cm³/mol. The van der Waals surface area contributed by atoms with Crippen molar-refractivity contribution in [2.45, 2.75) is 37.2 Å². The van der Waals surface area contributed by atoms with E-state index in [1.807, 2.05) is 20.8 Å². The summed E-state index contributed by atoms with van der Waals surface area (Å²) in [6, 6.07) is 6.04. The first kappa shape index (κ1) is 14.4. The second-order valence-electron chi connectivity index (χ2n) is 4.96. The fourth-order valence-electron chi connectivity index (χ4n) is 1.38. The van der Waals surface area contributed by atoms with Crippen LogP contribution in [0.1, 0.15) is 32.4 Å². The van der Waals surface area contributed by atoms with Crippen molar-refractivity contribution < 1.29 is 13.2 Å². The summed E-state index contributed by atoms with van der Waals surface area (Å²) in [7, 11) is 0. The number of benzene rings is 1. The molecule has 2 N–H and O–H groups in total. The third-order valence-electron chi connectivity index (χ3n) is 2.41. The highest BCUT2D eigenvalue weighted by atomic mass is 32.2. The Bertz CT molecular complexity index is 365. The molecule has 0 spiro atoms. The molecule has 0 amide bonds. The van der Waals surface area contributed by atoms with Crippen LogP contribution in [0.4, 0.5) is 13.2 Å². The molecule has 0 fully saturated rings. The SMILES string of the molecule is CC(C)(C)[C@@H](N)c1ccc(SC(F)(F)F)cc1. The van der Waals surface area contributed by atoms with Gasteiger partial charge in [-0.1, -0.05) is 32.9 Å². The fourth-order valence-corrected chi connectivity index (χ4v) is 1.92. The van der Waals surface area contributed by atoms with Crippen LogP contribution in [-0.4, -0.2) is 5.51 Å². The Morgan fingerprint density at radius 1 is 1.06 bits per heavy atom. The van der Waals surface area contributed by atoms with Crippen molar-refractivity contribution in [1.82, 2.24) is 0 Å². The summed E-state index contributed by atoms with van der Waals surface area (Å²) in [6.45, 7) is 5.99. The van der Waals surface area contributed by atoms with E-state index in [9.17, 15) is 13.2 Å². The summed E-state index contributed by atoms with van der Waals surface area (Å²) in [4.78, 5) is 0.183. The van der Waals surface area contributed by atoms with Crippen LogP contribution in [0.25, 0.3) is 0 Å². The zero-order valence-corrected chi connectivity index (χ0v) is 10.8. The van der Waals surface area contributed by atoms with Crippen LogP contribution in [0, 0.1) is 5.41 Å². The molecule has 5 heteroatoms. The van der Waals surface area contributed by atoms with E-state index in [-0.39, 0.29) is 28.1 Å². The minimum absolute atomic E-state index is 0.112. The van der Waals surface area contributed by atoms with Gasteiger partial charge in [-0.2, -0.15) is 13.2 Å². The monoisotopic (exact) mass is 263 g/mol. The second-order valence-corrected chi connectivity index (χ2v) is 6.10. The molecular weight excluding hydrogens is 247 g/mol. The lowest BCUT2D eigenvalue weighted by Crippen LogP contribution is -2.26. The van der Waals surface area contributed by atoms with Gasteiger partial charge in [0.2, 0.25) is 0 Å². The quantitative estimate of drug-likeness (QED) is 0.803. The van der Waals surface area contributed by atoms with Crippen molar-refractivity contribution in [3.05, 3.63) is 29.8 Å². The molecule has 0 aliphatic rings. The van der Waals surface area contributed by atoms with Gasteiger partial charge in [-0.15, -0.1) is 0 Å². The predicted octanol–water partition coefficient (Wildman–Crippen LogP) is 4.34. The number of hydrogen-bond donors (Lipinski definition) is 1. The van der Waals surface area contributed by atoms with Crippen LogP contribution >= 0.6 is 11.8 Å². The van der Waals surface area contributed by atoms with Gasteiger partial charge in [0, 0.05) is 10.9 Å². The van der Waals surface area contributed by atoms with Crippen LogP contribution in [0.5, 0.6) is 0 Å². The van der Waals surface area contributed by atoms with Crippen LogP contribution in [0.3, 0.4) is 0 Å². The number of halogens is 3. The van der Waals surface area contributed by atoms with E-state index in [0.717, 1.165) is 5.56 Å². The lowest BCUT2D eigenvalue weighted by molar-refractivity contribution is -0.0328. The number of hydrogen-bond acceptors (Lipinski definition) is 2.